The van der Waals surface area contributed by atoms with Crippen LogP contribution in [-0.4, -0.2) is 25.0 Å². The molecule has 0 unspecified atom stereocenters. The lowest BCUT2D eigenvalue weighted by molar-refractivity contribution is 0.0904. The molecule has 88 valence electrons. The molecule has 0 amide bonds. The molecular formula is C13H19NOS. The van der Waals surface area contributed by atoms with Crippen LogP contribution in [0.3, 0.4) is 0 Å². The van der Waals surface area contributed by atoms with Gasteiger partial charge in [0.2, 0.25) is 0 Å². The van der Waals surface area contributed by atoms with E-state index in [1.54, 1.807) is 0 Å². The predicted octanol–water partition coefficient (Wildman–Crippen LogP) is 3.39. The predicted molar refractivity (Wildman–Crippen MR) is 70.3 cm³/mol. The third-order valence-electron chi connectivity index (χ3n) is 2.77. The molecule has 0 radical (unpaired) electrons. The van der Waals surface area contributed by atoms with Gasteiger partial charge in [0.25, 0.3) is 0 Å². The largest absolute Gasteiger partial charge is 0.381 e. The van der Waals surface area contributed by atoms with E-state index in [0.717, 1.165) is 31.8 Å². The Morgan fingerprint density at radius 2 is 2.06 bits per heavy atom. The molecule has 2 rings (SSSR count). The maximum Gasteiger partial charge on any atom is 0.0485 e. The van der Waals surface area contributed by atoms with Gasteiger partial charge in [0.1, 0.15) is 0 Å². The van der Waals surface area contributed by atoms with Crippen LogP contribution in [0.25, 0.3) is 0 Å². The Balaban J connectivity index is 2.01. The number of anilines is 1. The van der Waals surface area contributed by atoms with Crippen LogP contribution < -0.4 is 5.32 Å². The SMILES string of the molecule is CCSc1ccccc1NC1CCOCC1. The molecule has 0 bridgehead atoms. The van der Waals surface area contributed by atoms with Gasteiger partial charge in [-0.1, -0.05) is 19.1 Å². The second kappa shape index (κ2) is 6.16. The minimum Gasteiger partial charge on any atom is -0.381 e. The monoisotopic (exact) mass is 237 g/mol. The summed E-state index contributed by atoms with van der Waals surface area (Å²) in [6, 6.07) is 9.14. The molecule has 1 aliphatic heterocycles. The van der Waals surface area contributed by atoms with Crippen molar-refractivity contribution in [3.05, 3.63) is 24.3 Å². The average Bonchev–Trinajstić information content (AvgIpc) is 2.33. The minimum absolute atomic E-state index is 0.576. The van der Waals surface area contributed by atoms with Gasteiger partial charge in [-0.15, -0.1) is 11.8 Å². The molecule has 1 N–H and O–H groups in total. The van der Waals surface area contributed by atoms with E-state index in [0.29, 0.717) is 6.04 Å². The molecule has 1 heterocycles. The van der Waals surface area contributed by atoms with Crippen molar-refractivity contribution in [3.8, 4) is 0 Å². The molecular weight excluding hydrogens is 218 g/mol. The van der Waals surface area contributed by atoms with Gasteiger partial charge in [0, 0.05) is 29.8 Å². The van der Waals surface area contributed by atoms with Gasteiger partial charge in [-0.3, -0.25) is 0 Å². The molecule has 0 atom stereocenters. The highest BCUT2D eigenvalue weighted by Crippen LogP contribution is 2.28. The Kier molecular flexibility index (Phi) is 4.55. The lowest BCUT2D eigenvalue weighted by Crippen LogP contribution is -2.28. The van der Waals surface area contributed by atoms with Gasteiger partial charge >= 0.3 is 0 Å². The van der Waals surface area contributed by atoms with E-state index in [1.807, 2.05) is 11.8 Å². The first-order valence-corrected chi connectivity index (χ1v) is 6.95. The zero-order valence-electron chi connectivity index (χ0n) is 9.74. The normalized spacial score (nSPS) is 17.3. The summed E-state index contributed by atoms with van der Waals surface area (Å²) in [5.41, 5.74) is 1.28. The second-order valence-corrected chi connectivity index (χ2v) is 5.27. The Morgan fingerprint density at radius 1 is 1.31 bits per heavy atom. The summed E-state index contributed by atoms with van der Waals surface area (Å²) in [7, 11) is 0. The summed E-state index contributed by atoms with van der Waals surface area (Å²) in [5, 5.41) is 3.63. The van der Waals surface area contributed by atoms with Gasteiger partial charge in [-0.2, -0.15) is 0 Å². The fourth-order valence-electron chi connectivity index (χ4n) is 1.93. The van der Waals surface area contributed by atoms with Crippen molar-refractivity contribution in [1.82, 2.24) is 0 Å². The molecule has 1 fully saturated rings. The molecule has 0 aromatic heterocycles. The third-order valence-corrected chi connectivity index (χ3v) is 3.72. The summed E-state index contributed by atoms with van der Waals surface area (Å²) in [6.07, 6.45) is 2.23. The molecule has 0 aliphatic carbocycles. The van der Waals surface area contributed by atoms with Crippen molar-refractivity contribution < 1.29 is 4.74 Å². The van der Waals surface area contributed by atoms with E-state index < -0.39 is 0 Å². The van der Waals surface area contributed by atoms with Crippen LogP contribution in [0, 0.1) is 0 Å². The average molecular weight is 237 g/mol. The van der Waals surface area contributed by atoms with E-state index in [-0.39, 0.29) is 0 Å². The van der Waals surface area contributed by atoms with Gasteiger partial charge in [0.15, 0.2) is 0 Å². The molecule has 16 heavy (non-hydrogen) atoms. The van der Waals surface area contributed by atoms with E-state index in [1.165, 1.54) is 10.6 Å². The van der Waals surface area contributed by atoms with Gasteiger partial charge < -0.3 is 10.1 Å². The number of rotatable bonds is 4. The first-order valence-electron chi connectivity index (χ1n) is 5.96. The van der Waals surface area contributed by atoms with E-state index in [4.69, 9.17) is 4.74 Å². The smallest absolute Gasteiger partial charge is 0.0485 e. The molecule has 0 spiro atoms. The number of hydrogen-bond acceptors (Lipinski definition) is 3. The summed E-state index contributed by atoms with van der Waals surface area (Å²) in [4.78, 5) is 1.36. The number of nitrogens with one attached hydrogen (secondary N) is 1. The lowest BCUT2D eigenvalue weighted by atomic mass is 10.1. The Morgan fingerprint density at radius 3 is 2.81 bits per heavy atom. The van der Waals surface area contributed by atoms with Crippen molar-refractivity contribution in [2.24, 2.45) is 0 Å². The summed E-state index contributed by atoms with van der Waals surface area (Å²) >= 11 is 1.90. The number of benzene rings is 1. The fourth-order valence-corrected chi connectivity index (χ4v) is 2.70. The molecule has 2 nitrogen and oxygen atoms in total. The summed E-state index contributed by atoms with van der Waals surface area (Å²) < 4.78 is 5.37. The first-order chi connectivity index (χ1) is 7.90. The van der Waals surface area contributed by atoms with Gasteiger partial charge in [0.05, 0.1) is 0 Å². The molecule has 1 saturated heterocycles. The topological polar surface area (TPSA) is 21.3 Å². The Labute approximate surface area is 102 Å². The van der Waals surface area contributed by atoms with Crippen molar-refractivity contribution in [2.45, 2.75) is 30.7 Å². The molecule has 1 aromatic carbocycles. The second-order valence-electron chi connectivity index (χ2n) is 3.96. The lowest BCUT2D eigenvalue weighted by Gasteiger charge is -2.25. The van der Waals surface area contributed by atoms with Crippen LogP contribution in [0.2, 0.25) is 0 Å². The van der Waals surface area contributed by atoms with E-state index in [2.05, 4.69) is 36.5 Å². The number of ether oxygens (including phenoxy) is 1. The highest BCUT2D eigenvalue weighted by atomic mass is 32.2. The quantitative estimate of drug-likeness (QED) is 0.811. The van der Waals surface area contributed by atoms with E-state index in [9.17, 15) is 0 Å². The Bertz CT molecular complexity index is 323. The summed E-state index contributed by atoms with van der Waals surface area (Å²) in [6.45, 7) is 3.97. The van der Waals surface area contributed by atoms with Crippen LogP contribution >= 0.6 is 11.8 Å². The highest BCUT2D eigenvalue weighted by Gasteiger charge is 2.14. The van der Waals surface area contributed by atoms with Gasteiger partial charge in [-0.25, -0.2) is 0 Å². The van der Waals surface area contributed by atoms with Gasteiger partial charge in [-0.05, 0) is 30.7 Å². The number of para-hydroxylation sites is 1. The fraction of sp³-hybridized carbons (Fsp3) is 0.538. The number of thioether (sulfide) groups is 1. The standard InChI is InChI=1S/C13H19NOS/c1-2-16-13-6-4-3-5-12(13)14-11-7-9-15-10-8-11/h3-6,11,14H,2,7-10H2,1H3. The first kappa shape index (κ1) is 11.8. The zero-order chi connectivity index (χ0) is 11.2. The number of hydrogen-bond donors (Lipinski definition) is 1. The van der Waals surface area contributed by atoms with E-state index >= 15 is 0 Å². The maximum atomic E-state index is 5.37. The third kappa shape index (κ3) is 3.16. The highest BCUT2D eigenvalue weighted by molar-refractivity contribution is 7.99. The van der Waals surface area contributed by atoms with Crippen LogP contribution in [-0.2, 0) is 4.74 Å². The van der Waals surface area contributed by atoms with Crippen LogP contribution in [0.4, 0.5) is 5.69 Å². The van der Waals surface area contributed by atoms with Crippen LogP contribution in [0.5, 0.6) is 0 Å². The molecule has 1 aliphatic rings. The Hall–Kier alpha value is -0.670. The molecule has 0 saturated carbocycles. The minimum atomic E-state index is 0.576. The van der Waals surface area contributed by atoms with Crippen molar-refractivity contribution in [3.63, 3.8) is 0 Å². The van der Waals surface area contributed by atoms with Crippen molar-refractivity contribution in [2.75, 3.05) is 24.3 Å². The maximum absolute atomic E-state index is 5.37. The van der Waals surface area contributed by atoms with Crippen molar-refractivity contribution >= 4 is 17.4 Å². The van der Waals surface area contributed by atoms with Crippen molar-refractivity contribution in [1.29, 1.82) is 0 Å². The van der Waals surface area contributed by atoms with Crippen LogP contribution in [0.1, 0.15) is 19.8 Å². The summed E-state index contributed by atoms with van der Waals surface area (Å²) in [5.74, 6) is 1.12. The molecule has 1 aromatic rings. The zero-order valence-corrected chi connectivity index (χ0v) is 10.6. The molecule has 3 heteroatoms. The van der Waals surface area contributed by atoms with Crippen LogP contribution in [0.15, 0.2) is 29.2 Å².